The van der Waals surface area contributed by atoms with Crippen molar-refractivity contribution < 1.29 is 14.3 Å². The van der Waals surface area contributed by atoms with Gasteiger partial charge in [0.1, 0.15) is 4.88 Å². The number of carbonyl (C=O) groups excluding carboxylic acids is 1. The minimum atomic E-state index is -0.335. The molecule has 0 aliphatic heterocycles. The summed E-state index contributed by atoms with van der Waals surface area (Å²) in [7, 11) is 5.03. The molecule has 0 saturated heterocycles. The highest BCUT2D eigenvalue weighted by Gasteiger charge is 2.14. The summed E-state index contributed by atoms with van der Waals surface area (Å²) in [5.41, 5.74) is 1.51. The van der Waals surface area contributed by atoms with Crippen LogP contribution in [-0.4, -0.2) is 34.3 Å². The first-order chi connectivity index (χ1) is 11.0. The molecule has 23 heavy (non-hydrogen) atoms. The second-order valence-electron chi connectivity index (χ2n) is 4.72. The Morgan fingerprint density at radius 1 is 1.26 bits per heavy atom. The number of carbonyl (C=O) groups is 1. The van der Waals surface area contributed by atoms with Crippen LogP contribution in [0.2, 0.25) is 0 Å². The number of nitrogens with zero attached hydrogens (tertiary/aromatic N) is 4. The Morgan fingerprint density at radius 2 is 1.96 bits per heavy atom. The molecule has 1 amide bonds. The summed E-state index contributed by atoms with van der Waals surface area (Å²) < 4.78 is 17.2. The van der Waals surface area contributed by atoms with Gasteiger partial charge in [0.2, 0.25) is 0 Å². The molecule has 0 aliphatic rings. The summed E-state index contributed by atoms with van der Waals surface area (Å²) in [6, 6.07) is 3.75. The minimum Gasteiger partial charge on any atom is -0.493 e. The van der Waals surface area contributed by atoms with Crippen LogP contribution in [0.15, 0.2) is 17.1 Å². The van der Waals surface area contributed by atoms with Gasteiger partial charge in [0, 0.05) is 19.2 Å². The fourth-order valence-corrected chi connectivity index (χ4v) is 3.70. The lowest BCUT2D eigenvalue weighted by atomic mass is 10.3. The Morgan fingerprint density at radius 3 is 2.57 bits per heavy atom. The predicted molar refractivity (Wildman–Crippen MR) is 88.4 cm³/mol. The standard InChI is InChI=1S/C14H14N4O3S2/c1-7-12(23-17-16-7)13(19)15-14-18(2)8-5-9(20-3)10(21-4)6-11(8)22-14/h5-6H,1-4H3. The first-order valence-corrected chi connectivity index (χ1v) is 8.23. The Labute approximate surface area is 140 Å². The van der Waals surface area contributed by atoms with E-state index in [-0.39, 0.29) is 5.91 Å². The van der Waals surface area contributed by atoms with Crippen LogP contribution in [0, 0.1) is 6.92 Å². The van der Waals surface area contributed by atoms with Crippen LogP contribution in [0.3, 0.4) is 0 Å². The molecule has 7 nitrogen and oxygen atoms in total. The highest BCUT2D eigenvalue weighted by atomic mass is 32.1. The number of aromatic nitrogens is 3. The SMILES string of the molecule is COc1cc2sc(=NC(=O)c3snnc3C)n(C)c2cc1OC. The van der Waals surface area contributed by atoms with E-state index in [0.29, 0.717) is 26.9 Å². The molecule has 0 bridgehead atoms. The number of fused-ring (bicyclic) bond motifs is 1. The third kappa shape index (κ3) is 2.73. The molecular weight excluding hydrogens is 336 g/mol. The lowest BCUT2D eigenvalue weighted by Crippen LogP contribution is -2.13. The van der Waals surface area contributed by atoms with Gasteiger partial charge in [-0.25, -0.2) is 0 Å². The summed E-state index contributed by atoms with van der Waals surface area (Å²) >= 11 is 2.46. The van der Waals surface area contributed by atoms with Gasteiger partial charge in [-0.3, -0.25) is 4.79 Å². The van der Waals surface area contributed by atoms with E-state index < -0.39 is 0 Å². The van der Waals surface area contributed by atoms with Crippen molar-refractivity contribution in [2.75, 3.05) is 14.2 Å². The molecule has 0 fully saturated rings. The van der Waals surface area contributed by atoms with Crippen LogP contribution in [0.25, 0.3) is 10.2 Å². The van der Waals surface area contributed by atoms with Crippen molar-refractivity contribution in [2.45, 2.75) is 6.92 Å². The number of rotatable bonds is 3. The number of amides is 1. The topological polar surface area (TPSA) is 78.6 Å². The maximum absolute atomic E-state index is 12.3. The van der Waals surface area contributed by atoms with Gasteiger partial charge in [-0.05, 0) is 18.5 Å². The largest absolute Gasteiger partial charge is 0.493 e. The van der Waals surface area contributed by atoms with Gasteiger partial charge >= 0.3 is 0 Å². The maximum Gasteiger partial charge on any atom is 0.293 e. The second-order valence-corrected chi connectivity index (χ2v) is 6.49. The summed E-state index contributed by atoms with van der Waals surface area (Å²) in [6.45, 7) is 1.74. The molecule has 3 aromatic rings. The molecule has 0 spiro atoms. The van der Waals surface area contributed by atoms with Gasteiger partial charge in [-0.1, -0.05) is 15.8 Å². The van der Waals surface area contributed by atoms with Crippen molar-refractivity contribution in [3.8, 4) is 11.5 Å². The van der Waals surface area contributed by atoms with E-state index in [0.717, 1.165) is 21.7 Å². The molecule has 0 saturated carbocycles. The Bertz CT molecular complexity index is 955. The van der Waals surface area contributed by atoms with Crippen LogP contribution >= 0.6 is 22.9 Å². The van der Waals surface area contributed by atoms with E-state index in [1.165, 1.54) is 11.3 Å². The van der Waals surface area contributed by atoms with Gasteiger partial charge in [0.15, 0.2) is 16.3 Å². The first kappa shape index (κ1) is 15.6. The summed E-state index contributed by atoms with van der Waals surface area (Å²) in [4.78, 5) is 17.5. The number of methoxy groups -OCH3 is 2. The van der Waals surface area contributed by atoms with E-state index in [9.17, 15) is 4.79 Å². The molecular formula is C14H14N4O3S2. The molecule has 0 atom stereocenters. The molecule has 0 N–H and O–H groups in total. The number of thiazole rings is 1. The molecule has 2 heterocycles. The smallest absolute Gasteiger partial charge is 0.293 e. The normalized spacial score (nSPS) is 11.9. The molecule has 1 aromatic carbocycles. The quantitative estimate of drug-likeness (QED) is 0.723. The monoisotopic (exact) mass is 350 g/mol. The molecule has 2 aromatic heterocycles. The van der Waals surface area contributed by atoms with Crippen molar-refractivity contribution in [2.24, 2.45) is 12.0 Å². The number of hydrogen-bond acceptors (Lipinski definition) is 7. The van der Waals surface area contributed by atoms with Gasteiger partial charge < -0.3 is 14.0 Å². The van der Waals surface area contributed by atoms with E-state index in [2.05, 4.69) is 14.6 Å². The number of aryl methyl sites for hydroxylation is 2. The van der Waals surface area contributed by atoms with Crippen LogP contribution in [0.4, 0.5) is 0 Å². The van der Waals surface area contributed by atoms with E-state index in [4.69, 9.17) is 9.47 Å². The fraction of sp³-hybridized carbons (Fsp3) is 0.286. The third-order valence-corrected chi connectivity index (χ3v) is 5.27. The van der Waals surface area contributed by atoms with Crippen LogP contribution in [-0.2, 0) is 7.05 Å². The lowest BCUT2D eigenvalue weighted by Gasteiger charge is -2.07. The fourth-order valence-electron chi connectivity index (χ4n) is 2.13. The Balaban J connectivity index is 2.15. The third-order valence-electron chi connectivity index (χ3n) is 3.36. The molecule has 0 aliphatic carbocycles. The predicted octanol–water partition coefficient (Wildman–Crippen LogP) is 2.16. The Hall–Kier alpha value is -2.26. The van der Waals surface area contributed by atoms with Gasteiger partial charge in [0.25, 0.3) is 5.91 Å². The summed E-state index contributed by atoms with van der Waals surface area (Å²) in [5, 5.41) is 3.84. The number of hydrogen-bond donors (Lipinski definition) is 0. The second kappa shape index (κ2) is 6.09. The summed E-state index contributed by atoms with van der Waals surface area (Å²) in [5.74, 6) is 0.939. The zero-order valence-corrected chi connectivity index (χ0v) is 14.6. The van der Waals surface area contributed by atoms with Gasteiger partial charge in [0.05, 0.1) is 30.1 Å². The van der Waals surface area contributed by atoms with Crippen molar-refractivity contribution >= 4 is 39.0 Å². The van der Waals surface area contributed by atoms with Gasteiger partial charge in [-0.15, -0.1) is 5.10 Å². The molecule has 3 rings (SSSR count). The number of benzene rings is 1. The average Bonchev–Trinajstić information content (AvgIpc) is 3.10. The van der Waals surface area contributed by atoms with Crippen molar-refractivity contribution in [3.63, 3.8) is 0 Å². The zero-order chi connectivity index (χ0) is 16.6. The maximum atomic E-state index is 12.3. The highest BCUT2D eigenvalue weighted by Crippen LogP contribution is 2.33. The first-order valence-electron chi connectivity index (χ1n) is 6.64. The highest BCUT2D eigenvalue weighted by molar-refractivity contribution is 7.16. The van der Waals surface area contributed by atoms with Crippen molar-refractivity contribution in [3.05, 3.63) is 27.5 Å². The zero-order valence-electron chi connectivity index (χ0n) is 13.0. The van der Waals surface area contributed by atoms with Crippen LogP contribution in [0.1, 0.15) is 15.4 Å². The van der Waals surface area contributed by atoms with E-state index >= 15 is 0 Å². The molecule has 0 radical (unpaired) electrons. The van der Waals surface area contributed by atoms with Crippen LogP contribution < -0.4 is 14.3 Å². The van der Waals surface area contributed by atoms with E-state index in [1.807, 2.05) is 23.7 Å². The molecule has 120 valence electrons. The minimum absolute atomic E-state index is 0.335. The van der Waals surface area contributed by atoms with Crippen LogP contribution in [0.5, 0.6) is 11.5 Å². The lowest BCUT2D eigenvalue weighted by molar-refractivity contribution is 0.100. The summed E-state index contributed by atoms with van der Waals surface area (Å²) in [6.07, 6.45) is 0. The van der Waals surface area contributed by atoms with E-state index in [1.54, 1.807) is 21.1 Å². The van der Waals surface area contributed by atoms with Gasteiger partial charge in [-0.2, -0.15) is 4.99 Å². The molecule has 0 unspecified atom stereocenters. The van der Waals surface area contributed by atoms with Crippen molar-refractivity contribution in [1.82, 2.24) is 14.2 Å². The van der Waals surface area contributed by atoms with Crippen molar-refractivity contribution in [1.29, 1.82) is 0 Å². The number of ether oxygens (including phenoxy) is 2. The molecule has 9 heteroatoms. The average molecular weight is 350 g/mol. The Kier molecular flexibility index (Phi) is 4.14.